The third kappa shape index (κ3) is 3.92. The molecule has 0 aliphatic heterocycles. The molecular formula is C13H25N5S. The van der Waals surface area contributed by atoms with Gasteiger partial charge in [-0.1, -0.05) is 12.8 Å². The zero-order valence-corrected chi connectivity index (χ0v) is 13.3. The second-order valence-corrected chi connectivity index (χ2v) is 7.72. The van der Waals surface area contributed by atoms with Crippen LogP contribution in [0.5, 0.6) is 0 Å². The lowest BCUT2D eigenvalue weighted by molar-refractivity contribution is 0.395. The molecule has 0 spiro atoms. The summed E-state index contributed by atoms with van der Waals surface area (Å²) in [6, 6.07) is 0. The lowest BCUT2D eigenvalue weighted by Crippen LogP contribution is -2.37. The summed E-state index contributed by atoms with van der Waals surface area (Å²) < 4.78 is 2.33. The molecule has 1 fully saturated rings. The topological polar surface area (TPSA) is 55.6 Å². The van der Waals surface area contributed by atoms with Gasteiger partial charge in [0, 0.05) is 10.3 Å². The third-order valence-electron chi connectivity index (χ3n) is 3.77. The molecule has 1 aromatic rings. The molecule has 1 N–H and O–H groups in total. The molecule has 1 aromatic heterocycles. The summed E-state index contributed by atoms with van der Waals surface area (Å²) in [5, 5.41) is 15.6. The summed E-state index contributed by atoms with van der Waals surface area (Å²) in [5.74, 6) is 0.940. The van der Waals surface area contributed by atoms with Gasteiger partial charge in [-0.3, -0.25) is 0 Å². The Bertz CT molecular complexity index is 403. The highest BCUT2D eigenvalue weighted by atomic mass is 32.2. The molecule has 0 amide bonds. The molecule has 0 bridgehead atoms. The standard InChI is InChI=1S/C13H25N5S/c1-12(2,3)14-9-11-15-16-17-18(11)10-13(19-4)7-5-6-8-13/h14H,5-10H2,1-4H3. The van der Waals surface area contributed by atoms with Crippen LogP contribution in [0.3, 0.4) is 0 Å². The first kappa shape index (κ1) is 14.8. The Morgan fingerprint density at radius 3 is 2.58 bits per heavy atom. The lowest BCUT2D eigenvalue weighted by Gasteiger charge is -2.27. The fourth-order valence-corrected chi connectivity index (χ4v) is 3.48. The summed E-state index contributed by atoms with van der Waals surface area (Å²) in [7, 11) is 0. The van der Waals surface area contributed by atoms with Gasteiger partial charge in [-0.15, -0.1) is 5.10 Å². The van der Waals surface area contributed by atoms with Crippen LogP contribution < -0.4 is 5.32 Å². The minimum atomic E-state index is 0.0847. The Kier molecular flexibility index (Phi) is 4.50. The van der Waals surface area contributed by atoms with Crippen molar-refractivity contribution in [2.45, 2.75) is 69.8 Å². The maximum atomic E-state index is 4.18. The molecule has 2 rings (SSSR count). The lowest BCUT2D eigenvalue weighted by atomic mass is 10.1. The second-order valence-electron chi connectivity index (χ2n) is 6.45. The van der Waals surface area contributed by atoms with Crippen molar-refractivity contribution < 1.29 is 0 Å². The summed E-state index contributed by atoms with van der Waals surface area (Å²) in [4.78, 5) is 0. The van der Waals surface area contributed by atoms with Gasteiger partial charge in [-0.2, -0.15) is 11.8 Å². The highest BCUT2D eigenvalue weighted by Crippen LogP contribution is 2.41. The van der Waals surface area contributed by atoms with Crippen LogP contribution in [0.25, 0.3) is 0 Å². The average Bonchev–Trinajstić information content (AvgIpc) is 2.96. The van der Waals surface area contributed by atoms with Crippen LogP contribution >= 0.6 is 11.8 Å². The Hall–Kier alpha value is -0.620. The maximum absolute atomic E-state index is 4.18. The molecular weight excluding hydrogens is 258 g/mol. The zero-order chi connectivity index (χ0) is 13.9. The number of nitrogens with one attached hydrogen (secondary N) is 1. The van der Waals surface area contributed by atoms with E-state index in [-0.39, 0.29) is 5.54 Å². The minimum Gasteiger partial charge on any atom is -0.305 e. The summed E-state index contributed by atoms with van der Waals surface area (Å²) in [5.41, 5.74) is 0.0847. The van der Waals surface area contributed by atoms with Gasteiger partial charge in [-0.05, 0) is 50.3 Å². The van der Waals surface area contributed by atoms with Gasteiger partial charge in [0.25, 0.3) is 0 Å². The largest absolute Gasteiger partial charge is 0.305 e. The molecule has 0 saturated heterocycles. The molecule has 0 unspecified atom stereocenters. The van der Waals surface area contributed by atoms with Crippen molar-refractivity contribution in [1.29, 1.82) is 0 Å². The van der Waals surface area contributed by atoms with Crippen molar-refractivity contribution >= 4 is 11.8 Å². The second kappa shape index (κ2) is 5.79. The maximum Gasteiger partial charge on any atom is 0.165 e. The van der Waals surface area contributed by atoms with E-state index in [1.165, 1.54) is 25.7 Å². The predicted molar refractivity (Wildman–Crippen MR) is 79.1 cm³/mol. The van der Waals surface area contributed by atoms with Crippen molar-refractivity contribution in [2.24, 2.45) is 0 Å². The fourth-order valence-electron chi connectivity index (χ4n) is 2.54. The van der Waals surface area contributed by atoms with Crippen LogP contribution in [0.15, 0.2) is 0 Å². The monoisotopic (exact) mass is 283 g/mol. The molecule has 0 aromatic carbocycles. The van der Waals surface area contributed by atoms with E-state index in [0.717, 1.165) is 18.9 Å². The van der Waals surface area contributed by atoms with Crippen LogP contribution in [0.4, 0.5) is 0 Å². The van der Waals surface area contributed by atoms with Gasteiger partial charge >= 0.3 is 0 Å². The number of thioether (sulfide) groups is 1. The van der Waals surface area contributed by atoms with Gasteiger partial charge in [-0.25, -0.2) is 4.68 Å². The first-order valence-electron chi connectivity index (χ1n) is 6.99. The van der Waals surface area contributed by atoms with Crippen molar-refractivity contribution in [3.8, 4) is 0 Å². The summed E-state index contributed by atoms with van der Waals surface area (Å²) in [6.45, 7) is 8.12. The van der Waals surface area contributed by atoms with E-state index < -0.39 is 0 Å². The van der Waals surface area contributed by atoms with Gasteiger partial charge in [0.05, 0.1) is 13.1 Å². The Morgan fingerprint density at radius 1 is 1.32 bits per heavy atom. The van der Waals surface area contributed by atoms with E-state index in [1.807, 2.05) is 16.4 Å². The van der Waals surface area contributed by atoms with E-state index in [0.29, 0.717) is 4.75 Å². The highest BCUT2D eigenvalue weighted by Gasteiger charge is 2.34. The van der Waals surface area contributed by atoms with Gasteiger partial charge in [0.1, 0.15) is 0 Å². The van der Waals surface area contributed by atoms with E-state index in [1.54, 1.807) is 0 Å². The fraction of sp³-hybridized carbons (Fsp3) is 0.923. The molecule has 1 heterocycles. The SMILES string of the molecule is CSC1(Cn2nnnc2CNC(C)(C)C)CCCC1. The van der Waals surface area contributed by atoms with Crippen LogP contribution in [0.1, 0.15) is 52.3 Å². The number of hydrogen-bond acceptors (Lipinski definition) is 5. The van der Waals surface area contributed by atoms with Crippen molar-refractivity contribution in [1.82, 2.24) is 25.5 Å². The first-order valence-corrected chi connectivity index (χ1v) is 8.22. The number of nitrogens with zero attached hydrogens (tertiary/aromatic N) is 4. The molecule has 19 heavy (non-hydrogen) atoms. The first-order chi connectivity index (χ1) is 8.94. The normalized spacial score (nSPS) is 18.9. The predicted octanol–water partition coefficient (Wildman–Crippen LogP) is 2.24. The Balaban J connectivity index is 2.03. The molecule has 108 valence electrons. The van der Waals surface area contributed by atoms with E-state index in [2.05, 4.69) is 47.9 Å². The quantitative estimate of drug-likeness (QED) is 0.898. The van der Waals surface area contributed by atoms with Gasteiger partial charge < -0.3 is 5.32 Å². The number of aromatic nitrogens is 4. The minimum absolute atomic E-state index is 0.0847. The number of hydrogen-bond donors (Lipinski definition) is 1. The average molecular weight is 283 g/mol. The van der Waals surface area contributed by atoms with Gasteiger partial charge in [0.2, 0.25) is 0 Å². The van der Waals surface area contributed by atoms with E-state index >= 15 is 0 Å². The van der Waals surface area contributed by atoms with Crippen LogP contribution in [0, 0.1) is 0 Å². The highest BCUT2D eigenvalue weighted by molar-refractivity contribution is 8.00. The van der Waals surface area contributed by atoms with E-state index in [4.69, 9.17) is 0 Å². The van der Waals surface area contributed by atoms with Crippen LogP contribution in [0.2, 0.25) is 0 Å². The third-order valence-corrected chi connectivity index (χ3v) is 5.17. The van der Waals surface area contributed by atoms with E-state index in [9.17, 15) is 0 Å². The van der Waals surface area contributed by atoms with Gasteiger partial charge in [0.15, 0.2) is 5.82 Å². The Labute approximate surface area is 119 Å². The number of rotatable bonds is 5. The van der Waals surface area contributed by atoms with Crippen LogP contribution in [-0.2, 0) is 13.1 Å². The summed E-state index contributed by atoms with van der Waals surface area (Å²) in [6.07, 6.45) is 7.43. The molecule has 0 atom stereocenters. The molecule has 1 saturated carbocycles. The van der Waals surface area contributed by atoms with Crippen molar-refractivity contribution in [3.63, 3.8) is 0 Å². The summed E-state index contributed by atoms with van der Waals surface area (Å²) >= 11 is 1.97. The molecule has 1 aliphatic rings. The van der Waals surface area contributed by atoms with Crippen molar-refractivity contribution in [3.05, 3.63) is 5.82 Å². The molecule has 1 aliphatic carbocycles. The zero-order valence-electron chi connectivity index (χ0n) is 12.4. The van der Waals surface area contributed by atoms with Crippen LogP contribution in [-0.4, -0.2) is 36.7 Å². The Morgan fingerprint density at radius 2 is 2.00 bits per heavy atom. The molecule has 0 radical (unpaired) electrons. The molecule has 6 heteroatoms. The van der Waals surface area contributed by atoms with Crippen molar-refractivity contribution in [2.75, 3.05) is 6.26 Å². The smallest absolute Gasteiger partial charge is 0.165 e. The molecule has 5 nitrogen and oxygen atoms in total. The number of tetrazole rings is 1.